The van der Waals surface area contributed by atoms with E-state index in [0.29, 0.717) is 18.2 Å². The molecule has 8 nitrogen and oxygen atoms in total. The summed E-state index contributed by atoms with van der Waals surface area (Å²) in [4.78, 5) is 28.6. The van der Waals surface area contributed by atoms with Crippen molar-refractivity contribution in [3.05, 3.63) is 41.6 Å². The van der Waals surface area contributed by atoms with Crippen LogP contribution < -0.4 is 10.6 Å². The topological polar surface area (TPSA) is 100 Å². The summed E-state index contributed by atoms with van der Waals surface area (Å²) >= 11 is 0. The van der Waals surface area contributed by atoms with E-state index in [4.69, 9.17) is 4.42 Å². The predicted octanol–water partition coefficient (Wildman–Crippen LogP) is 1.33. The van der Waals surface area contributed by atoms with Gasteiger partial charge in [-0.2, -0.15) is 0 Å². The molecule has 1 aromatic carbocycles. The zero-order valence-corrected chi connectivity index (χ0v) is 15.1. The highest BCUT2D eigenvalue weighted by molar-refractivity contribution is 6.09. The molecule has 3 atom stereocenters. The molecule has 140 valence electrons. The SMILES string of the molecule is Cc1nnc(CNC(=O)[C@@H]2C[C@H]3CCCN3[C@]23C(=O)Nc2ccccc23)o1. The molecule has 0 radical (unpaired) electrons. The third-order valence-electron chi connectivity index (χ3n) is 6.07. The summed E-state index contributed by atoms with van der Waals surface area (Å²) in [6, 6.07) is 7.96. The van der Waals surface area contributed by atoms with E-state index in [2.05, 4.69) is 25.7 Å². The second-order valence-electron chi connectivity index (χ2n) is 7.48. The predicted molar refractivity (Wildman–Crippen MR) is 95.5 cm³/mol. The number of aryl methyl sites for hydroxylation is 1. The summed E-state index contributed by atoms with van der Waals surface area (Å²) in [5, 5.41) is 13.6. The Hall–Kier alpha value is -2.74. The minimum atomic E-state index is -0.924. The van der Waals surface area contributed by atoms with Gasteiger partial charge >= 0.3 is 0 Å². The average molecular weight is 367 g/mol. The van der Waals surface area contributed by atoms with Crippen LogP contribution >= 0.6 is 0 Å². The van der Waals surface area contributed by atoms with E-state index < -0.39 is 11.5 Å². The van der Waals surface area contributed by atoms with Gasteiger partial charge in [0.1, 0.15) is 5.54 Å². The molecule has 1 aromatic heterocycles. The Morgan fingerprint density at radius 1 is 1.41 bits per heavy atom. The number of rotatable bonds is 3. The normalized spacial score (nSPS) is 29.0. The molecule has 2 saturated heterocycles. The van der Waals surface area contributed by atoms with Crippen molar-refractivity contribution in [1.82, 2.24) is 20.4 Å². The van der Waals surface area contributed by atoms with Gasteiger partial charge in [0.2, 0.25) is 23.6 Å². The quantitative estimate of drug-likeness (QED) is 0.849. The van der Waals surface area contributed by atoms with Crippen molar-refractivity contribution in [2.45, 2.75) is 44.3 Å². The Morgan fingerprint density at radius 2 is 2.26 bits per heavy atom. The van der Waals surface area contributed by atoms with E-state index in [0.717, 1.165) is 30.6 Å². The molecular formula is C19H21N5O3. The summed E-state index contributed by atoms with van der Waals surface area (Å²) in [6.07, 6.45) is 2.75. The van der Waals surface area contributed by atoms with Crippen LogP contribution in [-0.2, 0) is 21.7 Å². The second kappa shape index (κ2) is 5.88. The molecule has 5 rings (SSSR count). The number of benzene rings is 1. The fourth-order valence-electron chi connectivity index (χ4n) is 5.08. The standard InChI is InChI=1S/C19H21N5O3/c1-11-22-23-16(27-11)10-20-17(25)14-9-12-5-4-8-24(12)19(14)13-6-2-3-7-15(13)21-18(19)26/h2-3,6-7,12,14H,4-5,8-10H2,1H3,(H,20,25)(H,21,26)/t12-,14+,19+/m1/s1. The molecule has 0 aliphatic carbocycles. The minimum absolute atomic E-state index is 0.0955. The second-order valence-corrected chi connectivity index (χ2v) is 7.48. The molecular weight excluding hydrogens is 346 g/mol. The number of amides is 2. The number of carbonyl (C=O) groups is 2. The first-order valence-corrected chi connectivity index (χ1v) is 9.35. The third kappa shape index (κ3) is 2.26. The first-order valence-electron chi connectivity index (χ1n) is 9.35. The van der Waals surface area contributed by atoms with Crippen molar-refractivity contribution in [1.29, 1.82) is 0 Å². The van der Waals surface area contributed by atoms with Crippen LogP contribution in [0.5, 0.6) is 0 Å². The number of aromatic nitrogens is 2. The molecule has 2 fully saturated rings. The molecule has 2 amide bonds. The lowest BCUT2D eigenvalue weighted by molar-refractivity contribution is -0.137. The van der Waals surface area contributed by atoms with Gasteiger partial charge in [0, 0.05) is 24.2 Å². The Bertz CT molecular complexity index is 926. The maximum Gasteiger partial charge on any atom is 0.250 e. The van der Waals surface area contributed by atoms with E-state index in [9.17, 15) is 9.59 Å². The molecule has 1 spiro atoms. The minimum Gasteiger partial charge on any atom is -0.424 e. The number of nitrogens with zero attached hydrogens (tertiary/aromatic N) is 3. The highest BCUT2D eigenvalue weighted by Crippen LogP contribution is 2.55. The van der Waals surface area contributed by atoms with Crippen molar-refractivity contribution in [3.63, 3.8) is 0 Å². The van der Waals surface area contributed by atoms with E-state index in [1.165, 1.54) is 0 Å². The highest BCUT2D eigenvalue weighted by Gasteiger charge is 2.65. The van der Waals surface area contributed by atoms with Crippen molar-refractivity contribution in [2.24, 2.45) is 5.92 Å². The van der Waals surface area contributed by atoms with Crippen molar-refractivity contribution >= 4 is 17.5 Å². The van der Waals surface area contributed by atoms with Gasteiger partial charge < -0.3 is 15.1 Å². The number of nitrogens with one attached hydrogen (secondary N) is 2. The van der Waals surface area contributed by atoms with Gasteiger partial charge in [-0.25, -0.2) is 0 Å². The number of anilines is 1. The molecule has 0 bridgehead atoms. The van der Waals surface area contributed by atoms with Crippen LogP contribution in [0.4, 0.5) is 5.69 Å². The van der Waals surface area contributed by atoms with E-state index in [1.807, 2.05) is 24.3 Å². The summed E-state index contributed by atoms with van der Waals surface area (Å²) < 4.78 is 5.34. The van der Waals surface area contributed by atoms with Crippen LogP contribution in [0.3, 0.4) is 0 Å². The van der Waals surface area contributed by atoms with Gasteiger partial charge in [0.15, 0.2) is 0 Å². The van der Waals surface area contributed by atoms with Crippen LogP contribution in [0.2, 0.25) is 0 Å². The fraction of sp³-hybridized carbons (Fsp3) is 0.474. The number of hydrogen-bond acceptors (Lipinski definition) is 6. The van der Waals surface area contributed by atoms with Crippen LogP contribution in [-0.4, -0.2) is 39.5 Å². The Labute approximate surface area is 156 Å². The molecule has 2 aromatic rings. The zero-order valence-electron chi connectivity index (χ0n) is 15.1. The Balaban J connectivity index is 1.50. The number of carbonyl (C=O) groups excluding carboxylic acids is 2. The van der Waals surface area contributed by atoms with Crippen LogP contribution in [0.1, 0.15) is 36.6 Å². The van der Waals surface area contributed by atoms with Gasteiger partial charge in [0.05, 0.1) is 12.5 Å². The van der Waals surface area contributed by atoms with Crippen molar-refractivity contribution in [3.8, 4) is 0 Å². The Kier molecular flexibility index (Phi) is 3.58. The van der Waals surface area contributed by atoms with Crippen molar-refractivity contribution < 1.29 is 14.0 Å². The first kappa shape index (κ1) is 16.4. The summed E-state index contributed by atoms with van der Waals surface area (Å²) in [6.45, 7) is 2.71. The lowest BCUT2D eigenvalue weighted by Gasteiger charge is -2.36. The molecule has 8 heteroatoms. The number of para-hydroxylation sites is 1. The first-order chi connectivity index (χ1) is 13.1. The lowest BCUT2D eigenvalue weighted by atomic mass is 9.78. The maximum absolute atomic E-state index is 13.2. The van der Waals surface area contributed by atoms with Crippen LogP contribution in [0.25, 0.3) is 0 Å². The molecule has 3 aliphatic rings. The number of fused-ring (bicyclic) bond motifs is 4. The molecule has 4 heterocycles. The molecule has 2 N–H and O–H groups in total. The lowest BCUT2D eigenvalue weighted by Crippen LogP contribution is -2.54. The van der Waals surface area contributed by atoms with Crippen LogP contribution in [0, 0.1) is 12.8 Å². The van der Waals surface area contributed by atoms with E-state index in [-0.39, 0.29) is 24.4 Å². The Morgan fingerprint density at radius 3 is 3.07 bits per heavy atom. The van der Waals surface area contributed by atoms with E-state index in [1.54, 1.807) is 6.92 Å². The molecule has 0 unspecified atom stereocenters. The summed E-state index contributed by atoms with van der Waals surface area (Å²) in [5.41, 5.74) is 0.792. The van der Waals surface area contributed by atoms with Crippen LogP contribution in [0.15, 0.2) is 28.7 Å². The van der Waals surface area contributed by atoms with Gasteiger partial charge in [-0.05, 0) is 31.9 Å². The zero-order chi connectivity index (χ0) is 18.6. The fourth-order valence-corrected chi connectivity index (χ4v) is 5.08. The molecule has 0 saturated carbocycles. The monoisotopic (exact) mass is 367 g/mol. The summed E-state index contributed by atoms with van der Waals surface area (Å²) in [5.74, 6) is 0.135. The average Bonchev–Trinajstić information content (AvgIpc) is 3.39. The van der Waals surface area contributed by atoms with Gasteiger partial charge in [-0.1, -0.05) is 18.2 Å². The highest BCUT2D eigenvalue weighted by atomic mass is 16.4. The largest absolute Gasteiger partial charge is 0.424 e. The summed E-state index contributed by atoms with van der Waals surface area (Å²) in [7, 11) is 0. The van der Waals surface area contributed by atoms with Crippen molar-refractivity contribution in [2.75, 3.05) is 11.9 Å². The van der Waals surface area contributed by atoms with Gasteiger partial charge in [0.25, 0.3) is 0 Å². The maximum atomic E-state index is 13.2. The molecule has 27 heavy (non-hydrogen) atoms. The van der Waals surface area contributed by atoms with E-state index >= 15 is 0 Å². The van der Waals surface area contributed by atoms with Gasteiger partial charge in [-0.3, -0.25) is 14.5 Å². The third-order valence-corrected chi connectivity index (χ3v) is 6.07. The smallest absolute Gasteiger partial charge is 0.250 e. The van der Waals surface area contributed by atoms with Gasteiger partial charge in [-0.15, -0.1) is 10.2 Å². The molecule has 3 aliphatic heterocycles. The number of hydrogen-bond donors (Lipinski definition) is 2.